The molecule has 0 radical (unpaired) electrons. The third-order valence-corrected chi connectivity index (χ3v) is 4.62. The summed E-state index contributed by atoms with van der Waals surface area (Å²) in [6.45, 7) is -0.419. The van der Waals surface area contributed by atoms with Gasteiger partial charge in [-0.1, -0.05) is 0 Å². The predicted octanol–water partition coefficient (Wildman–Crippen LogP) is 1.97. The Morgan fingerprint density at radius 3 is 2.31 bits per heavy atom. The number of hydrazone groups is 1. The molecule has 2 amide bonds. The number of carbonyl (C=O) groups is 2. The van der Waals surface area contributed by atoms with E-state index in [2.05, 4.69) is 31.8 Å². The summed E-state index contributed by atoms with van der Waals surface area (Å²) < 4.78 is 15.6. The van der Waals surface area contributed by atoms with Crippen molar-refractivity contribution in [3.63, 3.8) is 0 Å². The Morgan fingerprint density at radius 1 is 1.16 bits per heavy atom. The molecule has 0 aliphatic heterocycles. The van der Waals surface area contributed by atoms with Gasteiger partial charge >= 0.3 is 0 Å². The van der Waals surface area contributed by atoms with Crippen LogP contribution in [0.4, 0.5) is 5.69 Å². The highest BCUT2D eigenvalue weighted by Gasteiger charge is 2.17. The number of non-ortho nitro benzene ring substituents is 1. The van der Waals surface area contributed by atoms with Crippen LogP contribution >= 0.6 is 15.9 Å². The zero-order valence-electron chi connectivity index (χ0n) is 17.2. The fourth-order valence-corrected chi connectivity index (χ4v) is 2.96. The number of carbonyl (C=O) groups excluding carboxylic acids is 2. The van der Waals surface area contributed by atoms with Gasteiger partial charge in [0.25, 0.3) is 17.5 Å². The highest BCUT2D eigenvalue weighted by molar-refractivity contribution is 9.10. The van der Waals surface area contributed by atoms with Crippen LogP contribution in [0.5, 0.6) is 23.0 Å². The lowest BCUT2D eigenvalue weighted by Crippen LogP contribution is -2.35. The second-order valence-electron chi connectivity index (χ2n) is 6.01. The molecule has 0 heterocycles. The molecule has 2 aromatic rings. The van der Waals surface area contributed by atoms with Crippen molar-refractivity contribution in [2.24, 2.45) is 5.10 Å². The number of nitro groups is 1. The smallest absolute Gasteiger partial charge is 0.271 e. The lowest BCUT2D eigenvalue weighted by atomic mass is 10.1. The number of nitrogens with one attached hydrogen (secondary N) is 2. The van der Waals surface area contributed by atoms with E-state index >= 15 is 0 Å². The average molecular weight is 511 g/mol. The number of nitro benzene ring substituents is 1. The van der Waals surface area contributed by atoms with E-state index in [0.717, 1.165) is 18.3 Å². The summed E-state index contributed by atoms with van der Waals surface area (Å²) in [5, 5.41) is 26.9. The molecule has 2 aromatic carbocycles. The number of hydrogen-bond acceptors (Lipinski definition) is 9. The van der Waals surface area contributed by atoms with E-state index in [9.17, 15) is 24.8 Å². The third-order valence-electron chi connectivity index (χ3n) is 4.02. The van der Waals surface area contributed by atoms with Gasteiger partial charge in [-0.15, -0.1) is 0 Å². The number of rotatable bonds is 9. The van der Waals surface area contributed by atoms with E-state index in [4.69, 9.17) is 14.2 Å². The topological polar surface area (TPSA) is 162 Å². The van der Waals surface area contributed by atoms with Crippen LogP contribution in [0.2, 0.25) is 0 Å². The van der Waals surface area contributed by atoms with E-state index < -0.39 is 23.3 Å². The number of aromatic hydroxyl groups is 1. The van der Waals surface area contributed by atoms with Crippen LogP contribution in [0.1, 0.15) is 15.9 Å². The number of phenolic OH excluding ortho intramolecular Hbond substituents is 1. The summed E-state index contributed by atoms with van der Waals surface area (Å²) in [7, 11) is 4.24. The van der Waals surface area contributed by atoms with Crippen LogP contribution in [-0.2, 0) is 4.79 Å². The first-order valence-electron chi connectivity index (χ1n) is 8.78. The molecule has 0 spiro atoms. The van der Waals surface area contributed by atoms with Gasteiger partial charge < -0.3 is 24.6 Å². The quantitative estimate of drug-likeness (QED) is 0.262. The van der Waals surface area contributed by atoms with Gasteiger partial charge in [-0.25, -0.2) is 5.43 Å². The number of nitrogens with zero attached hydrogens (tertiary/aromatic N) is 2. The molecule has 0 saturated carbocycles. The lowest BCUT2D eigenvalue weighted by Gasteiger charge is -2.14. The molecular weight excluding hydrogens is 492 g/mol. The SMILES string of the molecule is COc1cc(C(=O)NCC(=O)NN=Cc2cc([N+](=O)[O-])cc(Br)c2O)cc(OC)c1OC. The molecule has 0 unspecified atom stereocenters. The number of phenols is 1. The fraction of sp³-hybridized carbons (Fsp3) is 0.211. The first-order chi connectivity index (χ1) is 15.2. The summed E-state index contributed by atoms with van der Waals surface area (Å²) >= 11 is 3.00. The molecule has 0 bridgehead atoms. The summed E-state index contributed by atoms with van der Waals surface area (Å²) in [5.74, 6) is -0.684. The van der Waals surface area contributed by atoms with Crippen molar-refractivity contribution in [1.29, 1.82) is 0 Å². The van der Waals surface area contributed by atoms with Crippen LogP contribution < -0.4 is 25.0 Å². The van der Waals surface area contributed by atoms with Crippen molar-refractivity contribution in [2.75, 3.05) is 27.9 Å². The maximum Gasteiger partial charge on any atom is 0.271 e. The fourth-order valence-electron chi connectivity index (χ4n) is 2.50. The maximum absolute atomic E-state index is 12.4. The molecule has 170 valence electrons. The van der Waals surface area contributed by atoms with E-state index in [1.54, 1.807) is 0 Å². The van der Waals surface area contributed by atoms with Crippen LogP contribution in [-0.4, -0.2) is 55.9 Å². The van der Waals surface area contributed by atoms with Gasteiger partial charge in [0.15, 0.2) is 11.5 Å². The Labute approximate surface area is 190 Å². The van der Waals surface area contributed by atoms with Gasteiger partial charge in [0, 0.05) is 23.3 Å². The number of hydrogen-bond donors (Lipinski definition) is 3. The second-order valence-corrected chi connectivity index (χ2v) is 6.87. The van der Waals surface area contributed by atoms with Crippen molar-refractivity contribution < 1.29 is 33.8 Å². The Bertz CT molecular complexity index is 1050. The van der Waals surface area contributed by atoms with E-state index in [-0.39, 0.29) is 38.5 Å². The van der Waals surface area contributed by atoms with Crippen LogP contribution in [0, 0.1) is 10.1 Å². The molecule has 0 atom stereocenters. The van der Waals surface area contributed by atoms with Gasteiger partial charge in [-0.3, -0.25) is 19.7 Å². The highest BCUT2D eigenvalue weighted by Crippen LogP contribution is 2.38. The van der Waals surface area contributed by atoms with Gasteiger partial charge in [-0.2, -0.15) is 5.10 Å². The van der Waals surface area contributed by atoms with Crippen molar-refractivity contribution in [3.8, 4) is 23.0 Å². The average Bonchev–Trinajstić information content (AvgIpc) is 2.78. The van der Waals surface area contributed by atoms with Crippen LogP contribution in [0.3, 0.4) is 0 Å². The standard InChI is InChI=1S/C19H19BrN4O8/c1-30-14-5-10(6-15(31-2)18(14)32-3)19(27)21-9-16(25)23-22-8-11-4-12(24(28)29)7-13(20)17(11)26/h4-8,26H,9H2,1-3H3,(H,21,27)(H,23,25). The first kappa shape index (κ1) is 24.4. The molecule has 0 fully saturated rings. The van der Waals surface area contributed by atoms with Crippen molar-refractivity contribution in [1.82, 2.24) is 10.7 Å². The van der Waals surface area contributed by atoms with Gasteiger partial charge in [0.1, 0.15) is 5.75 Å². The van der Waals surface area contributed by atoms with E-state index in [1.165, 1.54) is 33.5 Å². The Morgan fingerprint density at radius 2 is 1.78 bits per heavy atom. The van der Waals surface area contributed by atoms with Crippen molar-refractivity contribution in [2.45, 2.75) is 0 Å². The van der Waals surface area contributed by atoms with Crippen molar-refractivity contribution >= 4 is 39.6 Å². The van der Waals surface area contributed by atoms with Gasteiger partial charge in [0.2, 0.25) is 5.75 Å². The molecule has 0 aromatic heterocycles. The number of methoxy groups -OCH3 is 3. The number of ether oxygens (including phenoxy) is 3. The Kier molecular flexibility index (Phi) is 8.35. The highest BCUT2D eigenvalue weighted by atomic mass is 79.9. The molecule has 32 heavy (non-hydrogen) atoms. The normalized spacial score (nSPS) is 10.5. The Balaban J connectivity index is 2.02. The van der Waals surface area contributed by atoms with Gasteiger partial charge in [0.05, 0.1) is 43.5 Å². The number of benzene rings is 2. The minimum absolute atomic E-state index is 0.00725. The minimum Gasteiger partial charge on any atom is -0.506 e. The largest absolute Gasteiger partial charge is 0.506 e. The summed E-state index contributed by atoms with van der Waals surface area (Å²) in [5.41, 5.74) is 2.05. The zero-order valence-corrected chi connectivity index (χ0v) is 18.8. The van der Waals surface area contributed by atoms with Gasteiger partial charge in [-0.05, 0) is 28.1 Å². The molecule has 12 nitrogen and oxygen atoms in total. The lowest BCUT2D eigenvalue weighted by molar-refractivity contribution is -0.385. The molecule has 0 aliphatic rings. The molecule has 3 N–H and O–H groups in total. The second kappa shape index (κ2) is 10.9. The summed E-state index contributed by atoms with van der Waals surface area (Å²) in [6.07, 6.45) is 1.03. The molecular formula is C19H19BrN4O8. The first-order valence-corrected chi connectivity index (χ1v) is 9.58. The summed E-state index contributed by atoms with van der Waals surface area (Å²) in [4.78, 5) is 34.6. The monoisotopic (exact) mass is 510 g/mol. The van der Waals surface area contributed by atoms with Crippen molar-refractivity contribution in [3.05, 3.63) is 50.0 Å². The maximum atomic E-state index is 12.4. The molecule has 13 heteroatoms. The molecule has 0 aliphatic carbocycles. The Hall–Kier alpha value is -3.87. The van der Waals surface area contributed by atoms with Crippen LogP contribution in [0.15, 0.2) is 33.8 Å². The minimum atomic E-state index is -0.675. The van der Waals surface area contributed by atoms with Crippen LogP contribution in [0.25, 0.3) is 0 Å². The molecule has 0 saturated heterocycles. The van der Waals surface area contributed by atoms with E-state index in [0.29, 0.717) is 5.75 Å². The summed E-state index contributed by atoms with van der Waals surface area (Å²) in [6, 6.07) is 5.07. The zero-order chi connectivity index (χ0) is 23.8. The molecule has 2 rings (SSSR count). The van der Waals surface area contributed by atoms with E-state index in [1.807, 2.05) is 0 Å². The number of halogens is 1. The third kappa shape index (κ3) is 5.85. The number of amides is 2. The predicted molar refractivity (Wildman–Crippen MR) is 117 cm³/mol.